The molecule has 1 heterocycles. The fourth-order valence-electron chi connectivity index (χ4n) is 3.00. The van der Waals surface area contributed by atoms with E-state index in [1.54, 1.807) is 19.9 Å². The zero-order valence-electron chi connectivity index (χ0n) is 14.8. The Morgan fingerprint density at radius 1 is 1.29 bits per heavy atom. The van der Waals surface area contributed by atoms with Crippen LogP contribution in [0.5, 0.6) is 0 Å². The second kappa shape index (κ2) is 7.75. The van der Waals surface area contributed by atoms with Gasteiger partial charge in [0, 0.05) is 12.0 Å². The molecule has 0 radical (unpaired) electrons. The molecule has 0 saturated heterocycles. The van der Waals surface area contributed by atoms with Crippen LogP contribution in [0.3, 0.4) is 0 Å². The minimum Gasteiger partial charge on any atom is -0.454 e. The molecule has 0 aromatic carbocycles. The van der Waals surface area contributed by atoms with Gasteiger partial charge in [-0.3, -0.25) is 4.79 Å². The van der Waals surface area contributed by atoms with Crippen LogP contribution in [0.4, 0.5) is 0 Å². The summed E-state index contributed by atoms with van der Waals surface area (Å²) in [7, 11) is 0. The second-order valence-corrected chi connectivity index (χ2v) is 6.75. The van der Waals surface area contributed by atoms with Crippen molar-refractivity contribution >= 4 is 11.8 Å². The standard InChI is InChI=1S/C20H26O4/c1-12(10-16-17(21)11-15(4)19(16)22)6-5-7-13(2)18-9-8-14(3)20(23)24-18/h7-8,10-11,16-18,21H,5-6,9H2,1-4H3/b12-10+,13-7+/t16-,17+,18-/m0/s1. The molecule has 1 aliphatic heterocycles. The molecule has 130 valence electrons. The maximum Gasteiger partial charge on any atom is 0.333 e. The number of rotatable bonds is 5. The second-order valence-electron chi connectivity index (χ2n) is 6.75. The average Bonchev–Trinajstić information content (AvgIpc) is 2.76. The molecule has 2 rings (SSSR count). The summed E-state index contributed by atoms with van der Waals surface area (Å²) in [5, 5.41) is 9.90. The van der Waals surface area contributed by atoms with E-state index in [-0.39, 0.29) is 17.9 Å². The van der Waals surface area contributed by atoms with Crippen LogP contribution in [0.2, 0.25) is 0 Å². The Bertz CT molecular complexity index is 649. The van der Waals surface area contributed by atoms with Crippen LogP contribution in [0.25, 0.3) is 0 Å². The molecular formula is C20H26O4. The third-order valence-corrected chi connectivity index (χ3v) is 4.67. The third-order valence-electron chi connectivity index (χ3n) is 4.67. The molecule has 1 aliphatic carbocycles. The number of ether oxygens (including phenoxy) is 1. The number of ketones is 1. The molecule has 0 bridgehead atoms. The highest BCUT2D eigenvalue weighted by Gasteiger charge is 2.30. The molecule has 24 heavy (non-hydrogen) atoms. The summed E-state index contributed by atoms with van der Waals surface area (Å²) in [6.45, 7) is 7.45. The number of aliphatic hydroxyl groups excluding tert-OH is 1. The first-order valence-electron chi connectivity index (χ1n) is 8.42. The van der Waals surface area contributed by atoms with Gasteiger partial charge in [0.2, 0.25) is 0 Å². The topological polar surface area (TPSA) is 63.6 Å². The summed E-state index contributed by atoms with van der Waals surface area (Å²) in [5.74, 6) is -0.681. The monoisotopic (exact) mass is 330 g/mol. The minimum atomic E-state index is -0.707. The quantitative estimate of drug-likeness (QED) is 0.619. The average molecular weight is 330 g/mol. The van der Waals surface area contributed by atoms with E-state index in [0.29, 0.717) is 11.1 Å². The number of carbonyl (C=O) groups excluding carboxylic acids is 2. The molecule has 0 amide bonds. The van der Waals surface area contributed by atoms with Crippen molar-refractivity contribution in [3.63, 3.8) is 0 Å². The first kappa shape index (κ1) is 18.4. The molecule has 0 fully saturated rings. The normalized spacial score (nSPS) is 28.6. The minimum absolute atomic E-state index is 0.00449. The summed E-state index contributed by atoms with van der Waals surface area (Å²) in [6.07, 6.45) is 8.96. The summed E-state index contributed by atoms with van der Waals surface area (Å²) in [6, 6.07) is 0. The third kappa shape index (κ3) is 4.32. The SMILES string of the molecule is CC1=CC[C@@H](/C(C)=C/CC/C(C)=C/[C@@H]2C(=O)C(C)=C[C@H]2O)OC1=O. The van der Waals surface area contributed by atoms with E-state index in [1.807, 2.05) is 26.0 Å². The van der Waals surface area contributed by atoms with Gasteiger partial charge in [0.15, 0.2) is 5.78 Å². The van der Waals surface area contributed by atoms with E-state index in [9.17, 15) is 14.7 Å². The lowest BCUT2D eigenvalue weighted by Crippen LogP contribution is -2.23. The summed E-state index contributed by atoms with van der Waals surface area (Å²) in [4.78, 5) is 23.5. The van der Waals surface area contributed by atoms with Crippen molar-refractivity contribution in [1.29, 1.82) is 0 Å². The fourth-order valence-corrected chi connectivity index (χ4v) is 3.00. The van der Waals surface area contributed by atoms with Crippen LogP contribution in [0, 0.1) is 5.92 Å². The largest absolute Gasteiger partial charge is 0.454 e. The lowest BCUT2D eigenvalue weighted by atomic mass is 9.97. The van der Waals surface area contributed by atoms with Gasteiger partial charge in [0.1, 0.15) is 6.10 Å². The molecule has 4 nitrogen and oxygen atoms in total. The van der Waals surface area contributed by atoms with Crippen LogP contribution < -0.4 is 0 Å². The van der Waals surface area contributed by atoms with Crippen molar-refractivity contribution in [1.82, 2.24) is 0 Å². The Kier molecular flexibility index (Phi) is 5.94. The lowest BCUT2D eigenvalue weighted by Gasteiger charge is -2.21. The van der Waals surface area contributed by atoms with Crippen LogP contribution in [-0.4, -0.2) is 29.1 Å². The molecule has 0 aromatic rings. The van der Waals surface area contributed by atoms with Crippen molar-refractivity contribution < 1.29 is 19.4 Å². The number of hydrogen-bond acceptors (Lipinski definition) is 4. The molecule has 0 spiro atoms. The number of carbonyl (C=O) groups is 2. The number of aliphatic hydroxyl groups is 1. The lowest BCUT2D eigenvalue weighted by molar-refractivity contribution is -0.143. The number of esters is 1. The maximum absolute atomic E-state index is 12.0. The molecule has 0 saturated carbocycles. The van der Waals surface area contributed by atoms with Crippen LogP contribution >= 0.6 is 0 Å². The van der Waals surface area contributed by atoms with Gasteiger partial charge >= 0.3 is 5.97 Å². The van der Waals surface area contributed by atoms with Crippen molar-refractivity contribution in [3.8, 4) is 0 Å². The van der Waals surface area contributed by atoms with Crippen molar-refractivity contribution in [3.05, 3.63) is 46.6 Å². The Labute approximate surface area is 143 Å². The molecule has 0 unspecified atom stereocenters. The Morgan fingerprint density at radius 3 is 2.58 bits per heavy atom. The van der Waals surface area contributed by atoms with Crippen molar-refractivity contribution in [2.75, 3.05) is 0 Å². The highest BCUT2D eigenvalue weighted by atomic mass is 16.5. The summed E-state index contributed by atoms with van der Waals surface area (Å²) in [5.41, 5.74) is 3.43. The first-order chi connectivity index (χ1) is 11.3. The predicted molar refractivity (Wildman–Crippen MR) is 93.3 cm³/mol. The predicted octanol–water partition coefficient (Wildman–Crippen LogP) is 3.43. The number of allylic oxidation sites excluding steroid dienone is 3. The van der Waals surface area contributed by atoms with Gasteiger partial charge in [-0.1, -0.05) is 23.8 Å². The number of Topliss-reactive ketones (excluding diaryl/α,β-unsaturated/α-hetero) is 1. The Balaban J connectivity index is 1.88. The van der Waals surface area contributed by atoms with Gasteiger partial charge < -0.3 is 9.84 Å². The van der Waals surface area contributed by atoms with Gasteiger partial charge in [0.25, 0.3) is 0 Å². The summed E-state index contributed by atoms with van der Waals surface area (Å²) >= 11 is 0. The fraction of sp³-hybridized carbons (Fsp3) is 0.500. The zero-order chi connectivity index (χ0) is 17.9. The van der Waals surface area contributed by atoms with Crippen LogP contribution in [0.15, 0.2) is 46.6 Å². The van der Waals surface area contributed by atoms with Gasteiger partial charge in [-0.2, -0.15) is 0 Å². The summed E-state index contributed by atoms with van der Waals surface area (Å²) < 4.78 is 5.39. The van der Waals surface area contributed by atoms with Crippen molar-refractivity contribution in [2.45, 2.75) is 59.2 Å². The van der Waals surface area contributed by atoms with E-state index in [4.69, 9.17) is 4.74 Å². The van der Waals surface area contributed by atoms with E-state index in [1.165, 1.54) is 0 Å². The smallest absolute Gasteiger partial charge is 0.333 e. The van der Waals surface area contributed by atoms with Crippen molar-refractivity contribution in [2.24, 2.45) is 5.92 Å². The first-order valence-corrected chi connectivity index (χ1v) is 8.42. The zero-order valence-corrected chi connectivity index (χ0v) is 14.8. The molecule has 0 aromatic heterocycles. The highest BCUT2D eigenvalue weighted by molar-refractivity contribution is 6.01. The van der Waals surface area contributed by atoms with Gasteiger partial charge in [-0.25, -0.2) is 4.79 Å². The van der Waals surface area contributed by atoms with Gasteiger partial charge in [-0.05, 0) is 57.8 Å². The Morgan fingerprint density at radius 2 is 2.00 bits per heavy atom. The van der Waals surface area contributed by atoms with Crippen LogP contribution in [-0.2, 0) is 14.3 Å². The maximum atomic E-state index is 12.0. The molecule has 2 aliphatic rings. The molecular weight excluding hydrogens is 304 g/mol. The highest BCUT2D eigenvalue weighted by Crippen LogP contribution is 2.25. The molecule has 3 atom stereocenters. The van der Waals surface area contributed by atoms with E-state index in [0.717, 1.165) is 30.4 Å². The number of hydrogen-bond donors (Lipinski definition) is 1. The molecule has 1 N–H and O–H groups in total. The van der Waals surface area contributed by atoms with E-state index < -0.39 is 12.0 Å². The van der Waals surface area contributed by atoms with Crippen LogP contribution in [0.1, 0.15) is 47.0 Å². The Hall–Kier alpha value is -1.94. The van der Waals surface area contributed by atoms with Gasteiger partial charge in [0.05, 0.1) is 12.0 Å². The van der Waals surface area contributed by atoms with E-state index in [2.05, 4.69) is 6.08 Å². The van der Waals surface area contributed by atoms with E-state index >= 15 is 0 Å². The van der Waals surface area contributed by atoms with Gasteiger partial charge in [-0.15, -0.1) is 0 Å². The molecule has 4 heteroatoms. The number of cyclic esters (lactones) is 1.